The number of guanidine groups is 1. The number of anilines is 1. The van der Waals surface area contributed by atoms with Gasteiger partial charge in [0.25, 0.3) is 0 Å². The second-order valence-electron chi connectivity index (χ2n) is 7.95. The van der Waals surface area contributed by atoms with Crippen LogP contribution in [0.5, 0.6) is 0 Å². The highest BCUT2D eigenvalue weighted by atomic mass is 127. The molecule has 6 nitrogen and oxygen atoms in total. The van der Waals surface area contributed by atoms with Gasteiger partial charge in [-0.05, 0) is 61.6 Å². The van der Waals surface area contributed by atoms with Gasteiger partial charge >= 0.3 is 0 Å². The SMILES string of the molecule is CCNC(=NCC1CCN(c2ccccc2)C1)NCCc1ccc(-n2cccn2)cc1.I. The molecule has 1 unspecified atom stereocenters. The normalized spacial score (nSPS) is 16.0. The first-order valence-electron chi connectivity index (χ1n) is 11.2. The zero-order valence-electron chi connectivity index (χ0n) is 18.7. The van der Waals surface area contributed by atoms with Gasteiger partial charge < -0.3 is 15.5 Å². The maximum Gasteiger partial charge on any atom is 0.191 e. The lowest BCUT2D eigenvalue weighted by Gasteiger charge is -2.18. The average Bonchev–Trinajstić information content (AvgIpc) is 3.51. The average molecular weight is 544 g/mol. The molecule has 1 aromatic heterocycles. The second-order valence-corrected chi connectivity index (χ2v) is 7.95. The van der Waals surface area contributed by atoms with Gasteiger partial charge in [0.2, 0.25) is 0 Å². The molecule has 170 valence electrons. The largest absolute Gasteiger partial charge is 0.371 e. The van der Waals surface area contributed by atoms with Crippen LogP contribution < -0.4 is 15.5 Å². The molecule has 2 N–H and O–H groups in total. The summed E-state index contributed by atoms with van der Waals surface area (Å²) in [6.07, 6.45) is 5.90. The molecule has 0 bridgehead atoms. The van der Waals surface area contributed by atoms with Gasteiger partial charge in [-0.15, -0.1) is 24.0 Å². The molecule has 2 aromatic carbocycles. The van der Waals surface area contributed by atoms with Crippen LogP contribution in [0.3, 0.4) is 0 Å². The molecule has 7 heteroatoms. The monoisotopic (exact) mass is 544 g/mol. The first kappa shape index (κ1) is 24.1. The summed E-state index contributed by atoms with van der Waals surface area (Å²) >= 11 is 0. The van der Waals surface area contributed by atoms with E-state index in [4.69, 9.17) is 4.99 Å². The minimum atomic E-state index is 0. The first-order chi connectivity index (χ1) is 15.3. The van der Waals surface area contributed by atoms with E-state index in [1.807, 2.05) is 16.9 Å². The van der Waals surface area contributed by atoms with Crippen LogP contribution in [0.15, 0.2) is 78.0 Å². The van der Waals surface area contributed by atoms with Crippen molar-refractivity contribution in [2.24, 2.45) is 10.9 Å². The molecule has 3 aromatic rings. The molecule has 1 aliphatic heterocycles. The zero-order valence-corrected chi connectivity index (χ0v) is 21.0. The highest BCUT2D eigenvalue weighted by Crippen LogP contribution is 2.23. The third-order valence-electron chi connectivity index (χ3n) is 5.67. The molecule has 1 atom stereocenters. The fourth-order valence-corrected chi connectivity index (χ4v) is 3.98. The van der Waals surface area contributed by atoms with E-state index in [0.717, 1.165) is 50.8 Å². The number of aliphatic imine (C=N–C) groups is 1. The Hall–Kier alpha value is -2.55. The van der Waals surface area contributed by atoms with Gasteiger partial charge in [-0.3, -0.25) is 4.99 Å². The van der Waals surface area contributed by atoms with E-state index in [2.05, 4.69) is 82.2 Å². The number of hydrogen-bond acceptors (Lipinski definition) is 3. The fourth-order valence-electron chi connectivity index (χ4n) is 3.98. The van der Waals surface area contributed by atoms with E-state index in [9.17, 15) is 0 Å². The molecule has 1 aliphatic rings. The van der Waals surface area contributed by atoms with Crippen molar-refractivity contribution in [3.63, 3.8) is 0 Å². The highest BCUT2D eigenvalue weighted by molar-refractivity contribution is 14.0. The summed E-state index contributed by atoms with van der Waals surface area (Å²) in [6.45, 7) is 6.88. The molecule has 0 amide bonds. The molecule has 32 heavy (non-hydrogen) atoms. The molecule has 0 aliphatic carbocycles. The van der Waals surface area contributed by atoms with E-state index in [-0.39, 0.29) is 24.0 Å². The van der Waals surface area contributed by atoms with Crippen LogP contribution in [0, 0.1) is 5.92 Å². The Morgan fingerprint density at radius 1 is 1.03 bits per heavy atom. The van der Waals surface area contributed by atoms with Crippen molar-refractivity contribution < 1.29 is 0 Å². The van der Waals surface area contributed by atoms with E-state index >= 15 is 0 Å². The van der Waals surface area contributed by atoms with Crippen LogP contribution in [0.1, 0.15) is 18.9 Å². The van der Waals surface area contributed by atoms with Crippen LogP contribution in [0.25, 0.3) is 5.69 Å². The standard InChI is InChI=1S/C25H32N6.HI/c1-2-26-25(28-19-22-14-18-30(20-22)23-7-4-3-5-8-23)27-16-13-21-9-11-24(12-10-21)31-17-6-15-29-31;/h3-12,15,17,22H,2,13-14,16,18-20H2,1H3,(H2,26,27,28);1H. The highest BCUT2D eigenvalue weighted by Gasteiger charge is 2.22. The molecular weight excluding hydrogens is 511 g/mol. The maximum absolute atomic E-state index is 4.86. The first-order valence-corrected chi connectivity index (χ1v) is 11.2. The Balaban J connectivity index is 0.00000289. The van der Waals surface area contributed by atoms with Gasteiger partial charge in [0, 0.05) is 50.8 Å². The Morgan fingerprint density at radius 2 is 1.84 bits per heavy atom. The number of para-hydroxylation sites is 1. The number of rotatable bonds is 8. The molecule has 0 spiro atoms. The second kappa shape index (κ2) is 12.5. The topological polar surface area (TPSA) is 57.5 Å². The summed E-state index contributed by atoms with van der Waals surface area (Å²) in [5, 5.41) is 11.1. The van der Waals surface area contributed by atoms with Gasteiger partial charge in [-0.25, -0.2) is 4.68 Å². The van der Waals surface area contributed by atoms with Gasteiger partial charge in [0.1, 0.15) is 0 Å². The lowest BCUT2D eigenvalue weighted by Crippen LogP contribution is -2.38. The zero-order chi connectivity index (χ0) is 21.3. The molecule has 0 radical (unpaired) electrons. The van der Waals surface area contributed by atoms with Crippen molar-refractivity contribution >= 4 is 35.6 Å². The van der Waals surface area contributed by atoms with E-state index in [1.54, 1.807) is 6.20 Å². The third kappa shape index (κ3) is 6.72. The number of benzene rings is 2. The molecular formula is C25H33IN6. The van der Waals surface area contributed by atoms with Gasteiger partial charge in [0.05, 0.1) is 5.69 Å². The molecule has 0 saturated carbocycles. The number of nitrogens with zero attached hydrogens (tertiary/aromatic N) is 4. The van der Waals surface area contributed by atoms with E-state index < -0.39 is 0 Å². The Labute approximate surface area is 208 Å². The minimum Gasteiger partial charge on any atom is -0.371 e. The summed E-state index contributed by atoms with van der Waals surface area (Å²) in [5.41, 5.74) is 3.70. The molecule has 4 rings (SSSR count). The van der Waals surface area contributed by atoms with Crippen LogP contribution >= 0.6 is 24.0 Å². The molecule has 1 saturated heterocycles. The number of hydrogen-bond donors (Lipinski definition) is 2. The van der Waals surface area contributed by atoms with Crippen molar-refractivity contribution in [2.75, 3.05) is 37.6 Å². The van der Waals surface area contributed by atoms with Crippen LogP contribution in [0.4, 0.5) is 5.69 Å². The number of nitrogens with one attached hydrogen (secondary N) is 2. The van der Waals surface area contributed by atoms with Gasteiger partial charge in [-0.2, -0.15) is 5.10 Å². The summed E-state index contributed by atoms with van der Waals surface area (Å²) in [7, 11) is 0. The quantitative estimate of drug-likeness (QED) is 0.255. The van der Waals surface area contributed by atoms with Crippen LogP contribution in [0.2, 0.25) is 0 Å². The number of halogens is 1. The van der Waals surface area contributed by atoms with Crippen molar-refractivity contribution in [2.45, 2.75) is 19.8 Å². The van der Waals surface area contributed by atoms with Crippen LogP contribution in [-0.2, 0) is 6.42 Å². The van der Waals surface area contributed by atoms with Crippen LogP contribution in [-0.4, -0.2) is 48.5 Å². The minimum absolute atomic E-state index is 0. The molecule has 1 fully saturated rings. The maximum atomic E-state index is 4.86. The number of aromatic nitrogens is 2. The molecule has 2 heterocycles. The third-order valence-corrected chi connectivity index (χ3v) is 5.67. The smallest absolute Gasteiger partial charge is 0.191 e. The van der Waals surface area contributed by atoms with E-state index in [1.165, 1.54) is 17.7 Å². The van der Waals surface area contributed by atoms with Gasteiger partial charge in [0.15, 0.2) is 5.96 Å². The predicted molar refractivity (Wildman–Crippen MR) is 143 cm³/mol. The summed E-state index contributed by atoms with van der Waals surface area (Å²) in [4.78, 5) is 7.32. The Bertz CT molecular complexity index is 940. The summed E-state index contributed by atoms with van der Waals surface area (Å²) in [6, 6.07) is 21.2. The summed E-state index contributed by atoms with van der Waals surface area (Å²) in [5.74, 6) is 1.51. The summed E-state index contributed by atoms with van der Waals surface area (Å²) < 4.78 is 1.87. The lowest BCUT2D eigenvalue weighted by molar-refractivity contribution is 0.599. The van der Waals surface area contributed by atoms with Crippen molar-refractivity contribution in [3.05, 3.63) is 78.6 Å². The Kier molecular flexibility index (Phi) is 9.40. The Morgan fingerprint density at radius 3 is 2.56 bits per heavy atom. The van der Waals surface area contributed by atoms with E-state index in [0.29, 0.717) is 5.92 Å². The fraction of sp³-hybridized carbons (Fsp3) is 0.360. The van der Waals surface area contributed by atoms with Gasteiger partial charge in [-0.1, -0.05) is 30.3 Å². The predicted octanol–water partition coefficient (Wildman–Crippen LogP) is 4.11. The van der Waals surface area contributed by atoms with Crippen molar-refractivity contribution in [1.29, 1.82) is 0 Å². The lowest BCUT2D eigenvalue weighted by atomic mass is 10.1. The van der Waals surface area contributed by atoms with Crippen molar-refractivity contribution in [3.8, 4) is 5.69 Å². The van der Waals surface area contributed by atoms with Crippen molar-refractivity contribution in [1.82, 2.24) is 20.4 Å².